The van der Waals surface area contributed by atoms with E-state index >= 15 is 0 Å². The van der Waals surface area contributed by atoms with Crippen molar-refractivity contribution in [2.75, 3.05) is 7.11 Å². The summed E-state index contributed by atoms with van der Waals surface area (Å²) < 4.78 is 10.7. The Morgan fingerprint density at radius 2 is 1.79 bits per heavy atom. The minimum Gasteiger partial charge on any atom is -0.497 e. The standard InChI is InChI=1S/C18H17N3O3/c1-13(14-6-4-3-5-7-14)21-23-12-17-19-20-18(24-17)15-8-10-16(22-2)11-9-15/h3-11H,12H2,1-2H3/b21-13+. The normalized spacial score (nSPS) is 11.3. The summed E-state index contributed by atoms with van der Waals surface area (Å²) in [4.78, 5) is 5.29. The van der Waals surface area contributed by atoms with Gasteiger partial charge in [-0.1, -0.05) is 35.5 Å². The summed E-state index contributed by atoms with van der Waals surface area (Å²) >= 11 is 0. The van der Waals surface area contributed by atoms with Crippen molar-refractivity contribution in [3.05, 3.63) is 66.1 Å². The van der Waals surface area contributed by atoms with E-state index in [2.05, 4.69) is 15.4 Å². The highest BCUT2D eigenvalue weighted by molar-refractivity contribution is 5.98. The summed E-state index contributed by atoms with van der Waals surface area (Å²) in [6.07, 6.45) is 0. The van der Waals surface area contributed by atoms with Crippen molar-refractivity contribution in [1.82, 2.24) is 10.2 Å². The first-order chi connectivity index (χ1) is 11.8. The Morgan fingerprint density at radius 3 is 2.50 bits per heavy atom. The van der Waals surface area contributed by atoms with Crippen LogP contribution in [0.25, 0.3) is 11.5 Å². The summed E-state index contributed by atoms with van der Waals surface area (Å²) in [7, 11) is 1.62. The summed E-state index contributed by atoms with van der Waals surface area (Å²) in [5.74, 6) is 1.57. The topological polar surface area (TPSA) is 69.7 Å². The maximum absolute atomic E-state index is 5.57. The molecule has 0 aliphatic carbocycles. The van der Waals surface area contributed by atoms with E-state index in [1.807, 2.05) is 61.5 Å². The fraction of sp³-hybridized carbons (Fsp3) is 0.167. The Bertz CT molecular complexity index is 811. The number of nitrogens with zero attached hydrogens (tertiary/aromatic N) is 3. The quantitative estimate of drug-likeness (QED) is 0.511. The van der Waals surface area contributed by atoms with Crippen molar-refractivity contribution in [3.63, 3.8) is 0 Å². The third-order valence-corrected chi connectivity index (χ3v) is 3.38. The lowest BCUT2D eigenvalue weighted by Crippen LogP contribution is -1.96. The second-order valence-corrected chi connectivity index (χ2v) is 5.05. The highest BCUT2D eigenvalue weighted by atomic mass is 16.6. The molecular formula is C18H17N3O3. The van der Waals surface area contributed by atoms with Crippen molar-refractivity contribution in [1.29, 1.82) is 0 Å². The van der Waals surface area contributed by atoms with Gasteiger partial charge in [-0.2, -0.15) is 0 Å². The van der Waals surface area contributed by atoms with Crippen LogP contribution < -0.4 is 4.74 Å². The molecule has 0 spiro atoms. The molecule has 1 heterocycles. The Morgan fingerprint density at radius 1 is 1.04 bits per heavy atom. The molecule has 0 aliphatic rings. The SMILES string of the molecule is COc1ccc(-c2nnc(CO/N=C(\C)c3ccccc3)o2)cc1. The first-order valence-corrected chi connectivity index (χ1v) is 7.45. The molecule has 6 nitrogen and oxygen atoms in total. The van der Waals surface area contributed by atoms with Crippen molar-refractivity contribution < 1.29 is 14.0 Å². The highest BCUT2D eigenvalue weighted by Gasteiger charge is 2.09. The molecule has 0 amide bonds. The lowest BCUT2D eigenvalue weighted by atomic mass is 10.1. The van der Waals surface area contributed by atoms with E-state index in [1.165, 1.54) is 0 Å². The maximum atomic E-state index is 5.57. The Kier molecular flexibility index (Phi) is 4.86. The minimum absolute atomic E-state index is 0.118. The van der Waals surface area contributed by atoms with E-state index in [9.17, 15) is 0 Å². The molecule has 0 radical (unpaired) electrons. The third-order valence-electron chi connectivity index (χ3n) is 3.38. The van der Waals surface area contributed by atoms with E-state index in [0.717, 1.165) is 22.6 Å². The number of rotatable bonds is 6. The molecule has 24 heavy (non-hydrogen) atoms. The second kappa shape index (κ2) is 7.41. The molecular weight excluding hydrogens is 306 g/mol. The lowest BCUT2D eigenvalue weighted by Gasteiger charge is -2.00. The van der Waals surface area contributed by atoms with Crippen LogP contribution in [0.2, 0.25) is 0 Å². The van der Waals surface area contributed by atoms with E-state index in [-0.39, 0.29) is 6.61 Å². The van der Waals surface area contributed by atoms with Gasteiger partial charge in [0.1, 0.15) is 5.75 Å². The Labute approximate surface area is 139 Å². The van der Waals surface area contributed by atoms with Gasteiger partial charge in [-0.05, 0) is 36.8 Å². The van der Waals surface area contributed by atoms with Crippen molar-refractivity contribution in [2.45, 2.75) is 13.5 Å². The zero-order valence-electron chi connectivity index (χ0n) is 13.5. The molecule has 0 saturated carbocycles. The smallest absolute Gasteiger partial charge is 0.257 e. The predicted molar refractivity (Wildman–Crippen MR) is 89.7 cm³/mol. The van der Waals surface area contributed by atoms with Crippen LogP contribution in [0.1, 0.15) is 18.4 Å². The van der Waals surface area contributed by atoms with Gasteiger partial charge < -0.3 is 14.0 Å². The highest BCUT2D eigenvalue weighted by Crippen LogP contribution is 2.21. The van der Waals surface area contributed by atoms with Crippen LogP contribution in [-0.2, 0) is 11.4 Å². The van der Waals surface area contributed by atoms with Crippen LogP contribution in [0.15, 0.2) is 64.2 Å². The van der Waals surface area contributed by atoms with Crippen LogP contribution in [-0.4, -0.2) is 23.0 Å². The van der Waals surface area contributed by atoms with Gasteiger partial charge in [0, 0.05) is 5.56 Å². The van der Waals surface area contributed by atoms with Crippen LogP contribution in [0.5, 0.6) is 5.75 Å². The van der Waals surface area contributed by atoms with E-state index in [1.54, 1.807) is 7.11 Å². The zero-order chi connectivity index (χ0) is 16.8. The van der Waals surface area contributed by atoms with Gasteiger partial charge in [0.05, 0.1) is 12.8 Å². The molecule has 0 unspecified atom stereocenters. The van der Waals surface area contributed by atoms with Crippen LogP contribution in [0, 0.1) is 0 Å². The Balaban J connectivity index is 1.62. The molecule has 122 valence electrons. The van der Waals surface area contributed by atoms with E-state index < -0.39 is 0 Å². The molecule has 0 saturated heterocycles. The van der Waals surface area contributed by atoms with E-state index in [0.29, 0.717) is 11.8 Å². The average Bonchev–Trinajstić information content (AvgIpc) is 3.11. The Hall–Kier alpha value is -3.15. The number of hydrogen-bond donors (Lipinski definition) is 0. The molecule has 0 N–H and O–H groups in total. The number of aromatic nitrogens is 2. The largest absolute Gasteiger partial charge is 0.497 e. The summed E-state index contributed by atoms with van der Waals surface area (Å²) in [5, 5.41) is 12.0. The molecule has 0 atom stereocenters. The minimum atomic E-state index is 0.118. The molecule has 0 fully saturated rings. The first kappa shape index (κ1) is 15.7. The van der Waals surface area contributed by atoms with Crippen LogP contribution in [0.4, 0.5) is 0 Å². The lowest BCUT2D eigenvalue weighted by molar-refractivity contribution is 0.111. The number of methoxy groups -OCH3 is 1. The van der Waals surface area contributed by atoms with Crippen molar-refractivity contribution >= 4 is 5.71 Å². The number of benzene rings is 2. The van der Waals surface area contributed by atoms with Crippen LogP contribution in [0.3, 0.4) is 0 Å². The van der Waals surface area contributed by atoms with Crippen molar-refractivity contribution in [2.24, 2.45) is 5.16 Å². The number of oxime groups is 1. The number of hydrogen-bond acceptors (Lipinski definition) is 6. The molecule has 3 rings (SSSR count). The fourth-order valence-electron chi connectivity index (χ4n) is 2.08. The van der Waals surface area contributed by atoms with Crippen molar-refractivity contribution in [3.8, 4) is 17.2 Å². The number of ether oxygens (including phenoxy) is 1. The van der Waals surface area contributed by atoms with Gasteiger partial charge in [-0.25, -0.2) is 0 Å². The second-order valence-electron chi connectivity index (χ2n) is 5.05. The predicted octanol–water partition coefficient (Wildman–Crippen LogP) is 3.69. The molecule has 1 aromatic heterocycles. The molecule has 6 heteroatoms. The summed E-state index contributed by atoms with van der Waals surface area (Å²) in [6, 6.07) is 17.2. The average molecular weight is 323 g/mol. The van der Waals surface area contributed by atoms with E-state index in [4.69, 9.17) is 14.0 Å². The van der Waals surface area contributed by atoms with Gasteiger partial charge in [0.25, 0.3) is 5.89 Å². The first-order valence-electron chi connectivity index (χ1n) is 7.45. The summed E-state index contributed by atoms with van der Waals surface area (Å²) in [5.41, 5.74) is 2.60. The van der Waals surface area contributed by atoms with Gasteiger partial charge in [0.15, 0.2) is 6.61 Å². The van der Waals surface area contributed by atoms with Gasteiger partial charge in [-0.15, -0.1) is 10.2 Å². The zero-order valence-corrected chi connectivity index (χ0v) is 13.5. The van der Waals surface area contributed by atoms with Gasteiger partial charge >= 0.3 is 0 Å². The molecule has 0 bridgehead atoms. The molecule has 3 aromatic rings. The third kappa shape index (κ3) is 3.78. The van der Waals surface area contributed by atoms with Gasteiger partial charge in [-0.3, -0.25) is 0 Å². The molecule has 2 aromatic carbocycles. The fourth-order valence-corrected chi connectivity index (χ4v) is 2.08. The van der Waals surface area contributed by atoms with Gasteiger partial charge in [0.2, 0.25) is 5.89 Å². The van der Waals surface area contributed by atoms with Crippen LogP contribution >= 0.6 is 0 Å². The monoisotopic (exact) mass is 323 g/mol. The summed E-state index contributed by atoms with van der Waals surface area (Å²) in [6.45, 7) is 2.00. The molecule has 0 aliphatic heterocycles. The maximum Gasteiger partial charge on any atom is 0.257 e.